The average molecular weight is 370 g/mol. The van der Waals surface area contributed by atoms with Crippen molar-refractivity contribution in [3.63, 3.8) is 0 Å². The van der Waals surface area contributed by atoms with Crippen molar-refractivity contribution in [2.24, 2.45) is 5.73 Å². The van der Waals surface area contributed by atoms with Gasteiger partial charge in [-0.3, -0.25) is 4.79 Å². The Kier molecular flexibility index (Phi) is 9.14. The number of halogens is 4. The molecule has 0 amide bonds. The summed E-state index contributed by atoms with van der Waals surface area (Å²) in [5, 5.41) is 0. The van der Waals surface area contributed by atoms with Crippen LogP contribution in [0.1, 0.15) is 38.7 Å². The van der Waals surface area contributed by atoms with Gasteiger partial charge in [0.1, 0.15) is 5.82 Å². The Labute approximate surface area is 145 Å². The summed E-state index contributed by atoms with van der Waals surface area (Å²) in [4.78, 5) is 11.9. The Morgan fingerprint density at radius 3 is 2.50 bits per heavy atom. The molecule has 0 radical (unpaired) electrons. The van der Waals surface area contributed by atoms with Crippen molar-refractivity contribution in [3.05, 3.63) is 29.3 Å². The van der Waals surface area contributed by atoms with Gasteiger partial charge in [0.25, 0.3) is 0 Å². The summed E-state index contributed by atoms with van der Waals surface area (Å²) >= 11 is 0. The van der Waals surface area contributed by atoms with Crippen molar-refractivity contribution in [1.82, 2.24) is 0 Å². The number of carbonyl (C=O) groups is 1. The van der Waals surface area contributed by atoms with Crippen molar-refractivity contribution in [2.75, 3.05) is 13.7 Å². The molecule has 0 heterocycles. The first-order valence-electron chi connectivity index (χ1n) is 7.34. The number of carbonyl (C=O) groups excluding carboxylic acids is 1. The van der Waals surface area contributed by atoms with E-state index < -0.39 is 29.4 Å². The Morgan fingerprint density at radius 2 is 2.00 bits per heavy atom. The fourth-order valence-corrected chi connectivity index (χ4v) is 2.28. The molecule has 0 saturated heterocycles. The number of hydrogen-bond donors (Lipinski definition) is 1. The summed E-state index contributed by atoms with van der Waals surface area (Å²) in [5.41, 5.74) is 4.64. The average Bonchev–Trinajstić information content (AvgIpc) is 2.46. The minimum absolute atomic E-state index is 0. The Bertz CT molecular complexity index is 560. The van der Waals surface area contributed by atoms with Crippen LogP contribution >= 0.6 is 12.4 Å². The van der Waals surface area contributed by atoms with Crippen LogP contribution in [0, 0.1) is 11.6 Å². The quantitative estimate of drug-likeness (QED) is 0.711. The molecule has 0 aromatic heterocycles. The van der Waals surface area contributed by atoms with Crippen molar-refractivity contribution >= 4 is 18.4 Å². The lowest BCUT2D eigenvalue weighted by molar-refractivity contribution is -0.159. The van der Waals surface area contributed by atoms with Gasteiger partial charge in [0.2, 0.25) is 6.36 Å². The predicted octanol–water partition coefficient (Wildman–Crippen LogP) is 3.64. The molecule has 138 valence electrons. The molecular weight excluding hydrogens is 347 g/mol. The SMILES string of the molecule is CCCC(F)OC(=O)CC(C)(CN)c1cc(F)cc(F)c1OC.Cl. The third-order valence-corrected chi connectivity index (χ3v) is 3.62. The number of benzene rings is 1. The highest BCUT2D eigenvalue weighted by molar-refractivity contribution is 5.85. The van der Waals surface area contributed by atoms with Gasteiger partial charge in [-0.15, -0.1) is 12.4 Å². The maximum Gasteiger partial charge on any atom is 0.309 e. The molecule has 2 atom stereocenters. The summed E-state index contributed by atoms with van der Waals surface area (Å²) in [7, 11) is 1.23. The van der Waals surface area contributed by atoms with Gasteiger partial charge in [-0.05, 0) is 12.5 Å². The van der Waals surface area contributed by atoms with E-state index in [1.54, 1.807) is 6.92 Å². The Hall–Kier alpha value is -1.47. The van der Waals surface area contributed by atoms with Gasteiger partial charge in [0.15, 0.2) is 11.6 Å². The largest absolute Gasteiger partial charge is 0.493 e. The summed E-state index contributed by atoms with van der Waals surface area (Å²) in [6.45, 7) is 3.19. The first-order valence-corrected chi connectivity index (χ1v) is 7.34. The van der Waals surface area contributed by atoms with Crippen LogP contribution in [0.15, 0.2) is 12.1 Å². The second-order valence-electron chi connectivity index (χ2n) is 5.60. The van der Waals surface area contributed by atoms with Crippen LogP contribution in [0.2, 0.25) is 0 Å². The van der Waals surface area contributed by atoms with Crippen molar-refractivity contribution in [1.29, 1.82) is 0 Å². The van der Waals surface area contributed by atoms with E-state index in [0.717, 1.165) is 6.07 Å². The number of methoxy groups -OCH3 is 1. The van der Waals surface area contributed by atoms with Crippen LogP contribution in [0.4, 0.5) is 13.2 Å². The van der Waals surface area contributed by atoms with E-state index in [1.807, 2.05) is 0 Å². The molecule has 4 nitrogen and oxygen atoms in total. The van der Waals surface area contributed by atoms with Gasteiger partial charge in [-0.25, -0.2) is 13.2 Å². The van der Waals surface area contributed by atoms with E-state index in [0.29, 0.717) is 12.5 Å². The number of esters is 1. The molecular formula is C16H23ClF3NO3. The number of alkyl halides is 1. The molecule has 0 aliphatic rings. The number of rotatable bonds is 8. The number of hydrogen-bond acceptors (Lipinski definition) is 4. The van der Waals surface area contributed by atoms with Gasteiger partial charge in [-0.1, -0.05) is 13.8 Å². The van der Waals surface area contributed by atoms with Gasteiger partial charge >= 0.3 is 5.97 Å². The lowest BCUT2D eigenvalue weighted by Crippen LogP contribution is -2.36. The standard InChI is InChI=1S/C16H22F3NO3.ClH/c1-4-5-13(19)23-14(21)8-16(2,9-20)11-6-10(17)7-12(18)15(11)22-3;/h6-7,13H,4-5,8-9,20H2,1-3H3;1H. The van der Waals surface area contributed by atoms with Crippen molar-refractivity contribution in [3.8, 4) is 5.75 Å². The Morgan fingerprint density at radius 1 is 1.38 bits per heavy atom. The maximum atomic E-state index is 13.8. The topological polar surface area (TPSA) is 61.5 Å². The minimum atomic E-state index is -1.71. The lowest BCUT2D eigenvalue weighted by atomic mass is 9.79. The van der Waals surface area contributed by atoms with E-state index in [9.17, 15) is 18.0 Å². The first kappa shape index (κ1) is 22.5. The summed E-state index contributed by atoms with van der Waals surface area (Å²) in [6, 6.07) is 1.73. The molecule has 0 saturated carbocycles. The van der Waals surface area contributed by atoms with E-state index >= 15 is 0 Å². The highest BCUT2D eigenvalue weighted by Crippen LogP contribution is 2.36. The monoisotopic (exact) mass is 369 g/mol. The zero-order chi connectivity index (χ0) is 17.6. The third-order valence-electron chi connectivity index (χ3n) is 3.62. The summed E-state index contributed by atoms with van der Waals surface area (Å²) in [5.74, 6) is -2.74. The number of nitrogens with two attached hydrogens (primary N) is 1. The molecule has 2 unspecified atom stereocenters. The molecule has 0 fully saturated rings. The fourth-order valence-electron chi connectivity index (χ4n) is 2.28. The summed E-state index contributed by atoms with van der Waals surface area (Å²) in [6.07, 6.45) is -1.43. The van der Waals surface area contributed by atoms with E-state index in [4.69, 9.17) is 10.5 Å². The Balaban J connectivity index is 0.00000529. The second-order valence-corrected chi connectivity index (χ2v) is 5.60. The molecule has 1 aromatic rings. The van der Waals surface area contributed by atoms with E-state index in [2.05, 4.69) is 4.74 Å². The third kappa shape index (κ3) is 5.56. The molecule has 0 spiro atoms. The van der Waals surface area contributed by atoms with Gasteiger partial charge in [0, 0.05) is 30.0 Å². The molecule has 24 heavy (non-hydrogen) atoms. The molecule has 1 aromatic carbocycles. The second kappa shape index (κ2) is 9.74. The normalized spacial score (nSPS) is 14.3. The van der Waals surface area contributed by atoms with E-state index in [-0.39, 0.29) is 43.1 Å². The van der Waals surface area contributed by atoms with Crippen molar-refractivity contribution in [2.45, 2.75) is 44.9 Å². The van der Waals surface area contributed by atoms with Crippen LogP contribution in [-0.2, 0) is 14.9 Å². The molecule has 8 heteroatoms. The molecule has 0 aliphatic carbocycles. The fraction of sp³-hybridized carbons (Fsp3) is 0.562. The van der Waals surface area contributed by atoms with Crippen LogP contribution < -0.4 is 10.5 Å². The van der Waals surface area contributed by atoms with Crippen LogP contribution in [-0.4, -0.2) is 26.0 Å². The molecule has 0 aliphatic heterocycles. The van der Waals surface area contributed by atoms with Gasteiger partial charge < -0.3 is 15.2 Å². The van der Waals surface area contributed by atoms with Gasteiger partial charge in [0.05, 0.1) is 13.5 Å². The number of ether oxygens (including phenoxy) is 2. The highest BCUT2D eigenvalue weighted by Gasteiger charge is 2.34. The summed E-state index contributed by atoms with van der Waals surface area (Å²) < 4.78 is 50.4. The molecule has 2 N–H and O–H groups in total. The van der Waals surface area contributed by atoms with Gasteiger partial charge in [-0.2, -0.15) is 0 Å². The van der Waals surface area contributed by atoms with Crippen molar-refractivity contribution < 1.29 is 27.4 Å². The smallest absolute Gasteiger partial charge is 0.309 e. The zero-order valence-electron chi connectivity index (χ0n) is 13.9. The first-order chi connectivity index (χ1) is 10.8. The van der Waals surface area contributed by atoms with Crippen LogP contribution in [0.5, 0.6) is 5.75 Å². The minimum Gasteiger partial charge on any atom is -0.493 e. The lowest BCUT2D eigenvalue weighted by Gasteiger charge is -2.29. The highest BCUT2D eigenvalue weighted by atomic mass is 35.5. The molecule has 1 rings (SSSR count). The maximum absolute atomic E-state index is 13.8. The van der Waals surface area contributed by atoms with Crippen LogP contribution in [0.3, 0.4) is 0 Å². The molecule has 0 bridgehead atoms. The zero-order valence-corrected chi connectivity index (χ0v) is 14.7. The van der Waals surface area contributed by atoms with E-state index in [1.165, 1.54) is 14.0 Å². The predicted molar refractivity (Wildman–Crippen MR) is 87.1 cm³/mol. The van der Waals surface area contributed by atoms with Crippen LogP contribution in [0.25, 0.3) is 0 Å².